The van der Waals surface area contributed by atoms with E-state index in [-0.39, 0.29) is 11.3 Å². The number of carboxylic acid groups (broad SMARTS) is 1. The van der Waals surface area contributed by atoms with Gasteiger partial charge in [0.2, 0.25) is 0 Å². The van der Waals surface area contributed by atoms with Crippen molar-refractivity contribution in [3.8, 4) is 0 Å². The number of carbonyl (C=O) groups is 1. The molecule has 12 heavy (non-hydrogen) atoms. The Labute approximate surface area is 67.6 Å². The number of aromatic nitrogens is 2. The number of aryl methyl sites for hydroxylation is 1. The lowest BCUT2D eigenvalue weighted by atomic mass is 10.2. The van der Waals surface area contributed by atoms with Gasteiger partial charge in [0.1, 0.15) is 6.04 Å². The van der Waals surface area contributed by atoms with Crippen molar-refractivity contribution in [3.63, 3.8) is 0 Å². The molecule has 0 aromatic carbocycles. The molecule has 1 aromatic heterocycles. The molecule has 0 saturated heterocycles. The van der Waals surface area contributed by atoms with Crippen molar-refractivity contribution < 1.29 is 9.90 Å². The molecule has 6 heteroatoms. The predicted octanol–water partition coefficient (Wildman–Crippen LogP) is -1.20. The first-order valence-electron chi connectivity index (χ1n) is 3.26. The van der Waals surface area contributed by atoms with Gasteiger partial charge in [0.25, 0.3) is 5.56 Å². The second kappa shape index (κ2) is 2.82. The van der Waals surface area contributed by atoms with Crippen LogP contribution in [-0.4, -0.2) is 20.9 Å². The SMILES string of the molecule is Cn1[nH]c(C(N)C(=O)O)cc1=O. The zero-order chi connectivity index (χ0) is 9.30. The van der Waals surface area contributed by atoms with E-state index >= 15 is 0 Å². The molecule has 0 aliphatic heterocycles. The number of nitrogens with one attached hydrogen (secondary N) is 1. The minimum absolute atomic E-state index is 0.204. The van der Waals surface area contributed by atoms with E-state index in [0.29, 0.717) is 0 Å². The summed E-state index contributed by atoms with van der Waals surface area (Å²) in [6, 6.07) is -0.00222. The van der Waals surface area contributed by atoms with E-state index in [1.165, 1.54) is 13.1 Å². The molecule has 0 amide bonds. The minimum atomic E-state index is -1.17. The fourth-order valence-electron chi connectivity index (χ4n) is 0.803. The Hall–Kier alpha value is -1.56. The second-order valence-corrected chi connectivity index (χ2v) is 2.42. The summed E-state index contributed by atoms with van der Waals surface area (Å²) in [5, 5.41) is 11.0. The van der Waals surface area contributed by atoms with Crippen molar-refractivity contribution in [3.05, 3.63) is 22.1 Å². The van der Waals surface area contributed by atoms with E-state index in [4.69, 9.17) is 10.8 Å². The van der Waals surface area contributed by atoms with Crippen LogP contribution in [0.15, 0.2) is 10.9 Å². The topological polar surface area (TPSA) is 101 Å². The molecule has 1 rings (SSSR count). The van der Waals surface area contributed by atoms with Crippen molar-refractivity contribution in [2.24, 2.45) is 12.8 Å². The average molecular weight is 171 g/mol. The van der Waals surface area contributed by atoms with Crippen LogP contribution < -0.4 is 11.3 Å². The summed E-state index contributed by atoms with van der Waals surface area (Å²) in [4.78, 5) is 21.2. The maximum absolute atomic E-state index is 10.9. The van der Waals surface area contributed by atoms with Gasteiger partial charge in [-0.05, 0) is 0 Å². The van der Waals surface area contributed by atoms with Gasteiger partial charge in [-0.1, -0.05) is 0 Å². The first kappa shape index (κ1) is 8.54. The molecule has 0 aliphatic carbocycles. The standard InChI is InChI=1S/C6H9N3O3/c1-9-4(10)2-3(8-9)5(7)6(11)12/h2,5,8H,7H2,1H3,(H,11,12). The fourth-order valence-corrected chi connectivity index (χ4v) is 0.803. The molecule has 1 heterocycles. The molecule has 1 atom stereocenters. The molecule has 66 valence electrons. The summed E-state index contributed by atoms with van der Waals surface area (Å²) < 4.78 is 1.16. The summed E-state index contributed by atoms with van der Waals surface area (Å²) >= 11 is 0. The van der Waals surface area contributed by atoms with Crippen LogP contribution in [0.2, 0.25) is 0 Å². The van der Waals surface area contributed by atoms with Gasteiger partial charge >= 0.3 is 5.97 Å². The summed E-state index contributed by atoms with van der Waals surface area (Å²) in [5.41, 5.74) is 5.14. The third kappa shape index (κ3) is 1.37. The van der Waals surface area contributed by atoms with Crippen molar-refractivity contribution >= 4 is 5.97 Å². The molecule has 0 spiro atoms. The Bertz CT molecular complexity index is 351. The first-order chi connectivity index (χ1) is 5.52. The quantitative estimate of drug-likeness (QED) is 0.520. The number of nitrogens with two attached hydrogens (primary N) is 1. The maximum atomic E-state index is 10.9. The van der Waals surface area contributed by atoms with Gasteiger partial charge in [-0.25, -0.2) is 0 Å². The van der Waals surface area contributed by atoms with Gasteiger partial charge in [0.05, 0.1) is 5.69 Å². The number of H-pyrrole nitrogens is 1. The van der Waals surface area contributed by atoms with Crippen molar-refractivity contribution in [2.45, 2.75) is 6.04 Å². The highest BCUT2D eigenvalue weighted by Gasteiger charge is 2.16. The van der Waals surface area contributed by atoms with E-state index in [1.54, 1.807) is 0 Å². The number of nitrogens with zero attached hydrogens (tertiary/aromatic N) is 1. The van der Waals surface area contributed by atoms with Crippen LogP contribution in [-0.2, 0) is 11.8 Å². The summed E-state index contributed by atoms with van der Waals surface area (Å²) in [6.45, 7) is 0. The molecular formula is C6H9N3O3. The predicted molar refractivity (Wildman–Crippen MR) is 40.6 cm³/mol. The van der Waals surface area contributed by atoms with E-state index in [9.17, 15) is 9.59 Å². The summed E-state index contributed by atoms with van der Waals surface area (Å²) in [7, 11) is 1.49. The lowest BCUT2D eigenvalue weighted by Crippen LogP contribution is -2.21. The largest absolute Gasteiger partial charge is 0.480 e. The van der Waals surface area contributed by atoms with E-state index in [2.05, 4.69) is 5.10 Å². The van der Waals surface area contributed by atoms with Crippen molar-refractivity contribution in [1.82, 2.24) is 9.78 Å². The first-order valence-corrected chi connectivity index (χ1v) is 3.26. The Balaban J connectivity index is 3.04. The normalized spacial score (nSPS) is 12.8. The minimum Gasteiger partial charge on any atom is -0.480 e. The number of hydrogen-bond acceptors (Lipinski definition) is 3. The molecule has 4 N–H and O–H groups in total. The smallest absolute Gasteiger partial charge is 0.326 e. The van der Waals surface area contributed by atoms with Crippen LogP contribution >= 0.6 is 0 Å². The zero-order valence-corrected chi connectivity index (χ0v) is 6.44. The molecule has 0 aliphatic rings. The zero-order valence-electron chi connectivity index (χ0n) is 6.44. The highest BCUT2D eigenvalue weighted by Crippen LogP contribution is 2.02. The van der Waals surface area contributed by atoms with Gasteiger partial charge in [-0.3, -0.25) is 19.4 Å². The lowest BCUT2D eigenvalue weighted by Gasteiger charge is -2.01. The molecule has 6 nitrogen and oxygen atoms in total. The molecule has 0 fully saturated rings. The number of hydrogen-bond donors (Lipinski definition) is 3. The number of aliphatic carboxylic acids is 1. The van der Waals surface area contributed by atoms with E-state index in [1.807, 2.05) is 0 Å². The van der Waals surface area contributed by atoms with Crippen LogP contribution in [0.5, 0.6) is 0 Å². The van der Waals surface area contributed by atoms with Crippen LogP contribution in [0.1, 0.15) is 11.7 Å². The van der Waals surface area contributed by atoms with Crippen LogP contribution in [0.25, 0.3) is 0 Å². The number of rotatable bonds is 2. The molecule has 1 unspecified atom stereocenters. The Morgan fingerprint density at radius 3 is 2.75 bits per heavy atom. The third-order valence-electron chi connectivity index (χ3n) is 1.51. The fraction of sp³-hybridized carbons (Fsp3) is 0.333. The van der Waals surface area contributed by atoms with Crippen molar-refractivity contribution in [1.29, 1.82) is 0 Å². The monoisotopic (exact) mass is 171 g/mol. The molecule has 1 aromatic rings. The maximum Gasteiger partial charge on any atom is 0.326 e. The van der Waals surface area contributed by atoms with Crippen LogP contribution in [0.4, 0.5) is 0 Å². The average Bonchev–Trinajstić information content (AvgIpc) is 2.30. The van der Waals surface area contributed by atoms with E-state index < -0.39 is 12.0 Å². The third-order valence-corrected chi connectivity index (χ3v) is 1.51. The van der Waals surface area contributed by atoms with Gasteiger partial charge in [-0.15, -0.1) is 0 Å². The van der Waals surface area contributed by atoms with Crippen LogP contribution in [0, 0.1) is 0 Å². The molecular weight excluding hydrogens is 162 g/mol. The van der Waals surface area contributed by atoms with Crippen LogP contribution in [0.3, 0.4) is 0 Å². The molecule has 0 radical (unpaired) electrons. The highest BCUT2D eigenvalue weighted by molar-refractivity contribution is 5.74. The van der Waals surface area contributed by atoms with Gasteiger partial charge in [0, 0.05) is 13.1 Å². The Morgan fingerprint density at radius 1 is 1.83 bits per heavy atom. The van der Waals surface area contributed by atoms with Gasteiger partial charge in [-0.2, -0.15) is 0 Å². The summed E-state index contributed by atoms with van der Waals surface area (Å²) in [6.07, 6.45) is 0. The second-order valence-electron chi connectivity index (χ2n) is 2.42. The van der Waals surface area contributed by atoms with E-state index in [0.717, 1.165) is 4.68 Å². The lowest BCUT2D eigenvalue weighted by molar-refractivity contribution is -0.138. The Morgan fingerprint density at radius 2 is 2.42 bits per heavy atom. The van der Waals surface area contributed by atoms with Gasteiger partial charge < -0.3 is 10.8 Å². The Kier molecular flexibility index (Phi) is 2.01. The number of carboxylic acids is 1. The molecule has 0 saturated carbocycles. The summed E-state index contributed by atoms with van der Waals surface area (Å²) in [5.74, 6) is -1.17. The van der Waals surface area contributed by atoms with Crippen molar-refractivity contribution in [2.75, 3.05) is 0 Å². The highest BCUT2D eigenvalue weighted by atomic mass is 16.4. The van der Waals surface area contributed by atoms with Gasteiger partial charge in [0.15, 0.2) is 0 Å². The molecule has 0 bridgehead atoms. The number of aromatic amines is 1.